The molecule has 1 aliphatic carbocycles. The zero-order valence-electron chi connectivity index (χ0n) is 13.6. The summed E-state index contributed by atoms with van der Waals surface area (Å²) in [6.07, 6.45) is 4.51. The Morgan fingerprint density at radius 3 is 2.96 bits per heavy atom. The fraction of sp³-hybridized carbons (Fsp3) is 0.588. The lowest BCUT2D eigenvalue weighted by Crippen LogP contribution is -2.36. The van der Waals surface area contributed by atoms with E-state index in [2.05, 4.69) is 26.3 Å². The zero-order chi connectivity index (χ0) is 15.6. The maximum absolute atomic E-state index is 5.97. The Hall–Kier alpha value is -1.79. The molecule has 1 saturated carbocycles. The predicted octanol–water partition coefficient (Wildman–Crippen LogP) is 1.74. The van der Waals surface area contributed by atoms with E-state index in [-0.39, 0.29) is 0 Å². The standard InChI is InChI=1S/C17H23N5O/c1-21-17-14(12-23-11-13-5-6-13)8-22(10-16(17)19-20-21)9-15-4-2-3-7-18-15/h2-4,7,13-14H,5-6,8-12H2,1H3/t14-/m0/s1. The highest BCUT2D eigenvalue weighted by Gasteiger charge is 2.31. The van der Waals surface area contributed by atoms with Gasteiger partial charge in [-0.3, -0.25) is 14.6 Å². The number of pyridine rings is 1. The summed E-state index contributed by atoms with van der Waals surface area (Å²) in [6, 6.07) is 6.07. The van der Waals surface area contributed by atoms with Crippen molar-refractivity contribution in [2.24, 2.45) is 13.0 Å². The van der Waals surface area contributed by atoms with Crippen LogP contribution in [0.25, 0.3) is 0 Å². The Kier molecular flexibility index (Phi) is 4.10. The molecule has 2 aromatic heterocycles. The Morgan fingerprint density at radius 2 is 2.17 bits per heavy atom. The van der Waals surface area contributed by atoms with Gasteiger partial charge >= 0.3 is 0 Å². The lowest BCUT2D eigenvalue weighted by molar-refractivity contribution is 0.0863. The molecule has 6 nitrogen and oxygen atoms in total. The number of aryl methyl sites for hydroxylation is 1. The second-order valence-electron chi connectivity index (χ2n) is 6.71. The summed E-state index contributed by atoms with van der Waals surface area (Å²) in [7, 11) is 1.98. The number of nitrogens with zero attached hydrogens (tertiary/aromatic N) is 5. The van der Waals surface area contributed by atoms with E-state index in [1.165, 1.54) is 18.5 Å². The first kappa shape index (κ1) is 14.8. The van der Waals surface area contributed by atoms with Crippen LogP contribution < -0.4 is 0 Å². The van der Waals surface area contributed by atoms with Gasteiger partial charge in [0.2, 0.25) is 0 Å². The largest absolute Gasteiger partial charge is 0.380 e. The quantitative estimate of drug-likeness (QED) is 0.813. The average molecular weight is 313 g/mol. The molecule has 2 aliphatic rings. The highest BCUT2D eigenvalue weighted by Crippen LogP contribution is 2.31. The molecule has 0 unspecified atom stereocenters. The van der Waals surface area contributed by atoms with Crippen LogP contribution in [0.2, 0.25) is 0 Å². The minimum Gasteiger partial charge on any atom is -0.380 e. The van der Waals surface area contributed by atoms with Gasteiger partial charge in [0.1, 0.15) is 5.69 Å². The smallest absolute Gasteiger partial charge is 0.100 e. The minimum atomic E-state index is 0.334. The highest BCUT2D eigenvalue weighted by molar-refractivity contribution is 5.20. The first-order valence-electron chi connectivity index (χ1n) is 8.38. The number of hydrogen-bond donors (Lipinski definition) is 0. The van der Waals surface area contributed by atoms with Crippen molar-refractivity contribution in [3.63, 3.8) is 0 Å². The summed E-state index contributed by atoms with van der Waals surface area (Å²) in [5, 5.41) is 8.56. The molecule has 0 spiro atoms. The second-order valence-corrected chi connectivity index (χ2v) is 6.71. The Morgan fingerprint density at radius 1 is 1.26 bits per heavy atom. The molecule has 6 heteroatoms. The van der Waals surface area contributed by atoms with Crippen molar-refractivity contribution in [3.05, 3.63) is 41.5 Å². The fourth-order valence-electron chi connectivity index (χ4n) is 3.33. The van der Waals surface area contributed by atoms with Gasteiger partial charge in [-0.05, 0) is 30.9 Å². The van der Waals surface area contributed by atoms with Crippen molar-refractivity contribution in [1.82, 2.24) is 24.9 Å². The van der Waals surface area contributed by atoms with E-state index in [1.54, 1.807) is 0 Å². The van der Waals surface area contributed by atoms with E-state index in [1.807, 2.05) is 30.1 Å². The molecular weight excluding hydrogens is 290 g/mol. The number of aromatic nitrogens is 4. The van der Waals surface area contributed by atoms with Crippen molar-refractivity contribution in [1.29, 1.82) is 0 Å². The molecule has 1 fully saturated rings. The van der Waals surface area contributed by atoms with Crippen LogP contribution in [0.1, 0.15) is 35.8 Å². The van der Waals surface area contributed by atoms with Crippen LogP contribution in [0.4, 0.5) is 0 Å². The molecule has 3 heterocycles. The molecule has 0 amide bonds. The first-order valence-corrected chi connectivity index (χ1v) is 8.38. The lowest BCUT2D eigenvalue weighted by atomic mass is 9.99. The van der Waals surface area contributed by atoms with Crippen molar-refractivity contribution in [2.45, 2.75) is 31.8 Å². The summed E-state index contributed by atoms with van der Waals surface area (Å²) in [5.74, 6) is 1.13. The van der Waals surface area contributed by atoms with Crippen molar-refractivity contribution >= 4 is 0 Å². The van der Waals surface area contributed by atoms with Gasteiger partial charge in [0, 0.05) is 45.4 Å². The topological polar surface area (TPSA) is 56.1 Å². The van der Waals surface area contributed by atoms with Crippen LogP contribution >= 0.6 is 0 Å². The number of hydrogen-bond acceptors (Lipinski definition) is 5. The van der Waals surface area contributed by atoms with E-state index >= 15 is 0 Å². The second kappa shape index (κ2) is 6.37. The summed E-state index contributed by atoms with van der Waals surface area (Å²) in [4.78, 5) is 6.83. The maximum atomic E-state index is 5.97. The molecule has 0 radical (unpaired) electrons. The normalized spacial score (nSPS) is 21.3. The van der Waals surface area contributed by atoms with Crippen LogP contribution in [0.5, 0.6) is 0 Å². The van der Waals surface area contributed by atoms with Crippen LogP contribution in [0, 0.1) is 5.92 Å². The third kappa shape index (κ3) is 3.43. The SMILES string of the molecule is Cn1nnc2c1[C@H](COCC1CC1)CN(Cc1ccccn1)C2. The number of fused-ring (bicyclic) bond motifs is 1. The average Bonchev–Trinajstić information content (AvgIpc) is 3.31. The van der Waals surface area contributed by atoms with Crippen LogP contribution in [0.3, 0.4) is 0 Å². The molecular formula is C17H23N5O. The molecule has 0 aromatic carbocycles. The summed E-state index contributed by atoms with van der Waals surface area (Å²) in [6.45, 7) is 4.30. The Bertz CT molecular complexity index is 652. The third-order valence-electron chi connectivity index (χ3n) is 4.66. The van der Waals surface area contributed by atoms with E-state index < -0.39 is 0 Å². The minimum absolute atomic E-state index is 0.334. The lowest BCUT2D eigenvalue weighted by Gasteiger charge is -2.31. The van der Waals surface area contributed by atoms with Crippen LogP contribution in [0.15, 0.2) is 24.4 Å². The van der Waals surface area contributed by atoms with E-state index in [0.29, 0.717) is 5.92 Å². The summed E-state index contributed by atoms with van der Waals surface area (Å²) in [5.41, 5.74) is 3.41. The molecule has 0 bridgehead atoms. The molecule has 4 rings (SSSR count). The molecule has 2 aromatic rings. The van der Waals surface area contributed by atoms with Gasteiger partial charge < -0.3 is 4.74 Å². The van der Waals surface area contributed by atoms with Gasteiger partial charge in [-0.2, -0.15) is 0 Å². The molecule has 122 valence electrons. The molecule has 0 N–H and O–H groups in total. The summed E-state index contributed by atoms with van der Waals surface area (Å²) >= 11 is 0. The van der Waals surface area contributed by atoms with Gasteiger partial charge in [-0.25, -0.2) is 0 Å². The van der Waals surface area contributed by atoms with E-state index in [0.717, 1.165) is 50.2 Å². The van der Waals surface area contributed by atoms with Gasteiger partial charge in [-0.1, -0.05) is 11.3 Å². The van der Waals surface area contributed by atoms with Crippen molar-refractivity contribution in [3.8, 4) is 0 Å². The van der Waals surface area contributed by atoms with Gasteiger partial charge in [0.05, 0.1) is 18.0 Å². The van der Waals surface area contributed by atoms with Crippen LogP contribution in [-0.4, -0.2) is 44.6 Å². The maximum Gasteiger partial charge on any atom is 0.100 e. The fourth-order valence-corrected chi connectivity index (χ4v) is 3.33. The monoisotopic (exact) mass is 313 g/mol. The van der Waals surface area contributed by atoms with Gasteiger partial charge in [0.15, 0.2) is 0 Å². The molecule has 1 aliphatic heterocycles. The molecule has 23 heavy (non-hydrogen) atoms. The predicted molar refractivity (Wildman–Crippen MR) is 85.6 cm³/mol. The third-order valence-corrected chi connectivity index (χ3v) is 4.66. The van der Waals surface area contributed by atoms with Crippen molar-refractivity contribution in [2.75, 3.05) is 19.8 Å². The van der Waals surface area contributed by atoms with Gasteiger partial charge in [-0.15, -0.1) is 5.10 Å². The first-order chi connectivity index (χ1) is 11.3. The van der Waals surface area contributed by atoms with E-state index in [9.17, 15) is 0 Å². The summed E-state index contributed by atoms with van der Waals surface area (Å²) < 4.78 is 7.88. The molecule has 1 atom stereocenters. The van der Waals surface area contributed by atoms with E-state index in [4.69, 9.17) is 4.74 Å². The van der Waals surface area contributed by atoms with Crippen LogP contribution in [-0.2, 0) is 24.9 Å². The molecule has 0 saturated heterocycles. The Balaban J connectivity index is 1.46. The number of ether oxygens (including phenoxy) is 1. The Labute approximate surface area is 136 Å². The number of rotatable bonds is 6. The highest BCUT2D eigenvalue weighted by atomic mass is 16.5. The van der Waals surface area contributed by atoms with Crippen molar-refractivity contribution < 1.29 is 4.74 Å². The zero-order valence-corrected chi connectivity index (χ0v) is 13.6. The van der Waals surface area contributed by atoms with Gasteiger partial charge in [0.25, 0.3) is 0 Å².